The quantitative estimate of drug-likeness (QED) is 0.418. The van der Waals surface area contributed by atoms with Gasteiger partial charge in [-0.3, -0.25) is 4.79 Å². The molecule has 1 aliphatic heterocycles. The third-order valence-electron chi connectivity index (χ3n) is 5.31. The first kappa shape index (κ1) is 18.9. The predicted octanol–water partition coefficient (Wildman–Crippen LogP) is 2.97. The number of amides is 1. The summed E-state index contributed by atoms with van der Waals surface area (Å²) in [5.74, 6) is -0.0662. The first-order valence-corrected chi connectivity index (χ1v) is 10.7. The highest BCUT2D eigenvalue weighted by Gasteiger charge is 2.29. The summed E-state index contributed by atoms with van der Waals surface area (Å²) in [4.78, 5) is 27.9. The van der Waals surface area contributed by atoms with Crippen molar-refractivity contribution in [3.8, 4) is 11.1 Å². The molecule has 0 fully saturated rings. The van der Waals surface area contributed by atoms with Crippen LogP contribution in [-0.4, -0.2) is 45.7 Å². The summed E-state index contributed by atoms with van der Waals surface area (Å²) in [7, 11) is 0. The lowest BCUT2D eigenvalue weighted by Gasteiger charge is -2.16. The van der Waals surface area contributed by atoms with E-state index < -0.39 is 0 Å². The molecule has 8 heteroatoms. The van der Waals surface area contributed by atoms with E-state index in [9.17, 15) is 4.79 Å². The van der Waals surface area contributed by atoms with E-state index >= 15 is 0 Å². The highest BCUT2D eigenvalue weighted by Crippen LogP contribution is 2.37. The van der Waals surface area contributed by atoms with Gasteiger partial charge < -0.3 is 20.3 Å². The van der Waals surface area contributed by atoms with Crippen molar-refractivity contribution < 1.29 is 9.90 Å². The summed E-state index contributed by atoms with van der Waals surface area (Å²) in [6.45, 7) is 1.85. The van der Waals surface area contributed by atoms with Crippen LogP contribution in [0.1, 0.15) is 20.2 Å². The number of anilines is 1. The number of nitrogens with one attached hydrogen (secondary N) is 2. The van der Waals surface area contributed by atoms with E-state index in [0.717, 1.165) is 39.1 Å². The molecular formula is C22H21N5O2S. The van der Waals surface area contributed by atoms with E-state index in [1.807, 2.05) is 35.5 Å². The van der Waals surface area contributed by atoms with Gasteiger partial charge in [0, 0.05) is 59.7 Å². The smallest absolute Gasteiger partial charge is 0.287 e. The minimum Gasteiger partial charge on any atom is -0.395 e. The third-order valence-corrected chi connectivity index (χ3v) is 6.29. The minimum atomic E-state index is -0.0662. The second-order valence-electron chi connectivity index (χ2n) is 7.18. The number of aromatic nitrogens is 3. The molecule has 0 saturated heterocycles. The van der Waals surface area contributed by atoms with E-state index in [1.165, 1.54) is 16.9 Å². The first-order valence-electron chi connectivity index (χ1n) is 9.88. The molecule has 0 radical (unpaired) electrons. The number of H-pyrrole nitrogens is 1. The van der Waals surface area contributed by atoms with Crippen LogP contribution in [0.2, 0.25) is 0 Å². The molecule has 1 aliphatic rings. The molecule has 0 bridgehead atoms. The van der Waals surface area contributed by atoms with Crippen molar-refractivity contribution in [2.75, 3.05) is 24.6 Å². The fourth-order valence-corrected chi connectivity index (χ4v) is 4.73. The number of hydrogen-bond donors (Lipinski definition) is 3. The summed E-state index contributed by atoms with van der Waals surface area (Å²) in [6, 6.07) is 10.2. The van der Waals surface area contributed by atoms with Crippen LogP contribution in [0, 0.1) is 0 Å². The van der Waals surface area contributed by atoms with Crippen LogP contribution >= 0.6 is 11.3 Å². The number of benzene rings is 1. The van der Waals surface area contributed by atoms with E-state index in [1.54, 1.807) is 6.20 Å². The second kappa shape index (κ2) is 7.98. The number of aromatic amines is 1. The zero-order valence-corrected chi connectivity index (χ0v) is 17.1. The lowest BCUT2D eigenvalue weighted by molar-refractivity contribution is 0.0989. The molecule has 1 amide bonds. The maximum atomic E-state index is 13.1. The average Bonchev–Trinajstić information content (AvgIpc) is 3.51. The molecule has 152 valence electrons. The zero-order chi connectivity index (χ0) is 20.5. The number of thiazole rings is 1. The largest absolute Gasteiger partial charge is 0.395 e. The normalized spacial score (nSPS) is 13.2. The van der Waals surface area contributed by atoms with Crippen LogP contribution in [-0.2, 0) is 13.0 Å². The van der Waals surface area contributed by atoms with Gasteiger partial charge in [-0.2, -0.15) is 0 Å². The summed E-state index contributed by atoms with van der Waals surface area (Å²) >= 11 is 1.40. The second-order valence-corrected chi connectivity index (χ2v) is 8.30. The Balaban J connectivity index is 1.42. The van der Waals surface area contributed by atoms with Gasteiger partial charge in [-0.25, -0.2) is 9.97 Å². The van der Waals surface area contributed by atoms with Gasteiger partial charge >= 0.3 is 0 Å². The molecule has 4 heterocycles. The standard InChI is InChI=1S/C22H21N5O2S/c28-9-7-23-12-16-13-26-21(30-16)22(29)27-8-5-18-17(2-1-3-19(18)27)15-10-14-4-6-24-20(14)25-11-15/h1-4,6,10-11,13,23,28H,5,7-9,12H2,(H,24,25). The molecule has 30 heavy (non-hydrogen) atoms. The van der Waals surface area contributed by atoms with Crippen molar-refractivity contribution in [3.63, 3.8) is 0 Å². The monoisotopic (exact) mass is 419 g/mol. The maximum Gasteiger partial charge on any atom is 0.287 e. The molecule has 3 aromatic heterocycles. The summed E-state index contributed by atoms with van der Waals surface area (Å²) < 4.78 is 0. The van der Waals surface area contributed by atoms with E-state index in [-0.39, 0.29) is 12.5 Å². The van der Waals surface area contributed by atoms with Gasteiger partial charge in [0.05, 0.1) is 6.61 Å². The highest BCUT2D eigenvalue weighted by atomic mass is 32.1. The Kier molecular flexibility index (Phi) is 5.04. The molecule has 7 nitrogen and oxygen atoms in total. The third kappa shape index (κ3) is 3.39. The SMILES string of the molecule is O=C(c1ncc(CNCCO)s1)N1CCc2c(-c3cnc4[nH]ccc4c3)cccc21. The van der Waals surface area contributed by atoms with Gasteiger partial charge in [0.25, 0.3) is 5.91 Å². The number of fused-ring (bicyclic) bond motifs is 2. The van der Waals surface area contributed by atoms with Crippen molar-refractivity contribution in [2.24, 2.45) is 0 Å². The summed E-state index contributed by atoms with van der Waals surface area (Å²) in [5.41, 5.74) is 5.16. The minimum absolute atomic E-state index is 0.0662. The lowest BCUT2D eigenvalue weighted by Crippen LogP contribution is -2.28. The van der Waals surface area contributed by atoms with E-state index in [0.29, 0.717) is 24.6 Å². The molecule has 3 N–H and O–H groups in total. The van der Waals surface area contributed by atoms with Gasteiger partial charge in [-0.1, -0.05) is 12.1 Å². The fraction of sp³-hybridized carbons (Fsp3) is 0.227. The Morgan fingerprint density at radius 3 is 3.10 bits per heavy atom. The Hall–Kier alpha value is -3.07. The number of carbonyl (C=O) groups is 1. The molecule has 4 aromatic rings. The molecule has 5 rings (SSSR count). The van der Waals surface area contributed by atoms with Crippen molar-refractivity contribution in [1.82, 2.24) is 20.3 Å². The van der Waals surface area contributed by atoms with Crippen LogP contribution in [0.15, 0.2) is 48.9 Å². The molecule has 1 aromatic carbocycles. The number of hydrogen-bond acceptors (Lipinski definition) is 6. The number of aliphatic hydroxyl groups excluding tert-OH is 1. The van der Waals surface area contributed by atoms with Crippen molar-refractivity contribution >= 4 is 34.0 Å². The Morgan fingerprint density at radius 2 is 2.20 bits per heavy atom. The van der Waals surface area contributed by atoms with E-state index in [2.05, 4.69) is 32.4 Å². The molecule has 0 unspecified atom stereocenters. The van der Waals surface area contributed by atoms with Gasteiger partial charge in [0.1, 0.15) is 5.65 Å². The lowest BCUT2D eigenvalue weighted by atomic mass is 9.98. The molecule has 0 spiro atoms. The van der Waals surface area contributed by atoms with Gasteiger partial charge in [0.2, 0.25) is 0 Å². The van der Waals surface area contributed by atoms with Crippen molar-refractivity contribution in [3.05, 3.63) is 64.4 Å². The van der Waals surface area contributed by atoms with Crippen LogP contribution in [0.3, 0.4) is 0 Å². The van der Waals surface area contributed by atoms with Crippen LogP contribution in [0.4, 0.5) is 5.69 Å². The number of nitrogens with zero attached hydrogens (tertiary/aromatic N) is 3. The maximum absolute atomic E-state index is 13.1. The van der Waals surface area contributed by atoms with Crippen LogP contribution < -0.4 is 10.2 Å². The predicted molar refractivity (Wildman–Crippen MR) is 118 cm³/mol. The number of pyridine rings is 1. The van der Waals surface area contributed by atoms with Crippen molar-refractivity contribution in [1.29, 1.82) is 0 Å². The Bertz CT molecular complexity index is 1220. The zero-order valence-electron chi connectivity index (χ0n) is 16.3. The van der Waals surface area contributed by atoms with E-state index in [4.69, 9.17) is 5.11 Å². The molecule has 0 saturated carbocycles. The average molecular weight is 420 g/mol. The van der Waals surface area contributed by atoms with Gasteiger partial charge in [0.15, 0.2) is 5.01 Å². The number of rotatable bonds is 6. The Morgan fingerprint density at radius 1 is 1.27 bits per heavy atom. The van der Waals surface area contributed by atoms with Gasteiger partial charge in [-0.15, -0.1) is 11.3 Å². The summed E-state index contributed by atoms with van der Waals surface area (Å²) in [5, 5.41) is 13.6. The molecular weight excluding hydrogens is 398 g/mol. The van der Waals surface area contributed by atoms with Crippen LogP contribution in [0.5, 0.6) is 0 Å². The van der Waals surface area contributed by atoms with Gasteiger partial charge in [-0.05, 0) is 35.7 Å². The fourth-order valence-electron chi connectivity index (χ4n) is 3.90. The summed E-state index contributed by atoms with van der Waals surface area (Å²) in [6.07, 6.45) is 6.30. The van der Waals surface area contributed by atoms with Crippen molar-refractivity contribution in [2.45, 2.75) is 13.0 Å². The molecule has 0 atom stereocenters. The number of carbonyl (C=O) groups excluding carboxylic acids is 1. The topological polar surface area (TPSA) is 94.1 Å². The first-order chi connectivity index (χ1) is 14.7. The highest BCUT2D eigenvalue weighted by molar-refractivity contribution is 7.13. The number of aliphatic hydroxyl groups is 1. The van der Waals surface area contributed by atoms with Crippen LogP contribution in [0.25, 0.3) is 22.2 Å². The molecule has 0 aliphatic carbocycles. The Labute approximate surface area is 177 Å².